The summed E-state index contributed by atoms with van der Waals surface area (Å²) in [7, 11) is 0. The summed E-state index contributed by atoms with van der Waals surface area (Å²) in [6.07, 6.45) is 0. The van der Waals surface area contributed by atoms with Gasteiger partial charge in [0.05, 0.1) is 5.56 Å². The van der Waals surface area contributed by atoms with Crippen LogP contribution in [0.2, 0.25) is 0 Å². The van der Waals surface area contributed by atoms with E-state index in [0.29, 0.717) is 24.0 Å². The molecule has 0 unspecified atom stereocenters. The van der Waals surface area contributed by atoms with Gasteiger partial charge in [0.1, 0.15) is 23.8 Å². The Kier molecular flexibility index (Phi) is 4.10. The van der Waals surface area contributed by atoms with Crippen LogP contribution in [0.1, 0.15) is 21.8 Å². The third-order valence-corrected chi connectivity index (χ3v) is 3.39. The van der Waals surface area contributed by atoms with Crippen LogP contribution in [-0.2, 0) is 6.61 Å². The molecule has 0 fully saturated rings. The molecule has 0 saturated heterocycles. The van der Waals surface area contributed by atoms with Gasteiger partial charge in [-0.05, 0) is 43.3 Å². The summed E-state index contributed by atoms with van der Waals surface area (Å²) in [5.74, 6) is 0.934. The topological polar surface area (TPSA) is 72.6 Å². The molecule has 0 radical (unpaired) electrons. The number of ether oxygens (including phenoxy) is 1. The van der Waals surface area contributed by atoms with Crippen molar-refractivity contribution in [3.63, 3.8) is 0 Å². The van der Waals surface area contributed by atoms with E-state index in [0.717, 1.165) is 11.3 Å². The van der Waals surface area contributed by atoms with Crippen LogP contribution in [0.5, 0.6) is 5.75 Å². The predicted octanol–water partition coefficient (Wildman–Crippen LogP) is 3.93. The molecule has 1 aromatic heterocycles. The van der Waals surface area contributed by atoms with Crippen LogP contribution in [-0.4, -0.2) is 16.1 Å². The molecule has 0 atom stereocenters. The SMILES string of the molecule is Cc1oc(-c2ccc(C(=O)O)cc2)nc1COc1ccccc1. The van der Waals surface area contributed by atoms with Gasteiger partial charge in [-0.3, -0.25) is 0 Å². The highest BCUT2D eigenvalue weighted by molar-refractivity contribution is 5.88. The van der Waals surface area contributed by atoms with Gasteiger partial charge in [-0.15, -0.1) is 0 Å². The molecule has 0 aliphatic rings. The summed E-state index contributed by atoms with van der Waals surface area (Å²) in [4.78, 5) is 15.3. The van der Waals surface area contributed by atoms with Crippen LogP contribution in [0.25, 0.3) is 11.5 Å². The zero-order valence-electron chi connectivity index (χ0n) is 12.5. The molecule has 0 bridgehead atoms. The lowest BCUT2D eigenvalue weighted by molar-refractivity contribution is 0.0697. The van der Waals surface area contributed by atoms with Gasteiger partial charge >= 0.3 is 5.97 Å². The standard InChI is InChI=1S/C18H15NO4/c1-12-16(11-22-15-5-3-2-4-6-15)19-17(23-12)13-7-9-14(10-8-13)18(20)21/h2-10H,11H2,1H3,(H,20,21). The summed E-state index contributed by atoms with van der Waals surface area (Å²) in [6.45, 7) is 2.14. The number of para-hydroxylation sites is 1. The first-order chi connectivity index (χ1) is 11.1. The number of aryl methyl sites for hydroxylation is 1. The lowest BCUT2D eigenvalue weighted by Gasteiger charge is -2.03. The number of carboxylic acid groups (broad SMARTS) is 1. The van der Waals surface area contributed by atoms with Crippen LogP contribution in [0.15, 0.2) is 59.0 Å². The number of rotatable bonds is 5. The summed E-state index contributed by atoms with van der Waals surface area (Å²) in [5.41, 5.74) is 1.67. The number of aromatic carboxylic acids is 1. The number of nitrogens with zero attached hydrogens (tertiary/aromatic N) is 1. The molecule has 0 spiro atoms. The van der Waals surface area contributed by atoms with Gasteiger partial charge in [0.15, 0.2) is 0 Å². The Morgan fingerprint density at radius 2 is 1.83 bits per heavy atom. The van der Waals surface area contributed by atoms with E-state index in [4.69, 9.17) is 14.3 Å². The number of carbonyl (C=O) groups is 1. The average Bonchev–Trinajstić information content (AvgIpc) is 2.95. The lowest BCUT2D eigenvalue weighted by atomic mass is 10.1. The first-order valence-corrected chi connectivity index (χ1v) is 7.11. The van der Waals surface area contributed by atoms with Crippen molar-refractivity contribution in [3.05, 3.63) is 71.6 Å². The largest absolute Gasteiger partial charge is 0.487 e. The van der Waals surface area contributed by atoms with Crippen LogP contribution in [0.3, 0.4) is 0 Å². The lowest BCUT2D eigenvalue weighted by Crippen LogP contribution is -1.97. The highest BCUT2D eigenvalue weighted by Gasteiger charge is 2.12. The molecular formula is C18H15NO4. The molecule has 0 aliphatic heterocycles. The molecule has 0 saturated carbocycles. The second-order valence-electron chi connectivity index (χ2n) is 5.01. The molecule has 5 nitrogen and oxygen atoms in total. The van der Waals surface area contributed by atoms with Crippen molar-refractivity contribution in [1.29, 1.82) is 0 Å². The number of oxazole rings is 1. The van der Waals surface area contributed by atoms with Crippen LogP contribution in [0, 0.1) is 6.92 Å². The van der Waals surface area contributed by atoms with Gasteiger partial charge in [0.25, 0.3) is 0 Å². The molecule has 1 heterocycles. The summed E-state index contributed by atoms with van der Waals surface area (Å²) < 4.78 is 11.3. The normalized spacial score (nSPS) is 10.5. The maximum absolute atomic E-state index is 10.9. The van der Waals surface area contributed by atoms with E-state index in [1.807, 2.05) is 37.3 Å². The van der Waals surface area contributed by atoms with Gasteiger partial charge in [-0.25, -0.2) is 9.78 Å². The fourth-order valence-corrected chi connectivity index (χ4v) is 2.11. The highest BCUT2D eigenvalue weighted by Crippen LogP contribution is 2.23. The number of aromatic nitrogens is 1. The van der Waals surface area contributed by atoms with Gasteiger partial charge in [0, 0.05) is 5.56 Å². The second-order valence-corrected chi connectivity index (χ2v) is 5.01. The first-order valence-electron chi connectivity index (χ1n) is 7.11. The molecule has 2 aromatic carbocycles. The smallest absolute Gasteiger partial charge is 0.335 e. The zero-order valence-corrected chi connectivity index (χ0v) is 12.5. The van der Waals surface area contributed by atoms with E-state index in [1.54, 1.807) is 12.1 Å². The fourth-order valence-electron chi connectivity index (χ4n) is 2.11. The molecule has 0 aliphatic carbocycles. The van der Waals surface area contributed by atoms with E-state index in [2.05, 4.69) is 4.98 Å². The predicted molar refractivity (Wildman–Crippen MR) is 84.4 cm³/mol. The van der Waals surface area contributed by atoms with Crippen molar-refractivity contribution >= 4 is 5.97 Å². The van der Waals surface area contributed by atoms with Gasteiger partial charge in [-0.2, -0.15) is 0 Å². The van der Waals surface area contributed by atoms with Crippen LogP contribution >= 0.6 is 0 Å². The molecular weight excluding hydrogens is 294 g/mol. The van der Waals surface area contributed by atoms with Gasteiger partial charge in [-0.1, -0.05) is 18.2 Å². The number of carboxylic acids is 1. The summed E-state index contributed by atoms with van der Waals surface area (Å²) in [5, 5.41) is 8.92. The van der Waals surface area contributed by atoms with Gasteiger partial charge in [0.2, 0.25) is 5.89 Å². The van der Waals surface area contributed by atoms with Crippen molar-refractivity contribution in [3.8, 4) is 17.2 Å². The number of benzene rings is 2. The van der Waals surface area contributed by atoms with E-state index >= 15 is 0 Å². The third kappa shape index (κ3) is 3.40. The molecule has 116 valence electrons. The Morgan fingerprint density at radius 3 is 2.48 bits per heavy atom. The Balaban J connectivity index is 1.76. The zero-order chi connectivity index (χ0) is 16.2. The van der Waals surface area contributed by atoms with E-state index in [1.165, 1.54) is 12.1 Å². The van der Waals surface area contributed by atoms with Crippen molar-refractivity contribution in [2.45, 2.75) is 13.5 Å². The molecule has 5 heteroatoms. The van der Waals surface area contributed by atoms with Gasteiger partial charge < -0.3 is 14.3 Å². The van der Waals surface area contributed by atoms with Crippen molar-refractivity contribution < 1.29 is 19.1 Å². The Morgan fingerprint density at radius 1 is 1.13 bits per heavy atom. The molecule has 1 N–H and O–H groups in total. The minimum Gasteiger partial charge on any atom is -0.487 e. The minimum absolute atomic E-state index is 0.227. The maximum atomic E-state index is 10.9. The molecule has 3 aromatic rings. The Hall–Kier alpha value is -3.08. The van der Waals surface area contributed by atoms with Crippen molar-refractivity contribution in [2.24, 2.45) is 0 Å². The molecule has 0 amide bonds. The van der Waals surface area contributed by atoms with Crippen molar-refractivity contribution in [2.75, 3.05) is 0 Å². The monoisotopic (exact) mass is 309 g/mol. The molecule has 23 heavy (non-hydrogen) atoms. The Bertz CT molecular complexity index is 807. The quantitative estimate of drug-likeness (QED) is 0.773. The second kappa shape index (κ2) is 6.36. The summed E-state index contributed by atoms with van der Waals surface area (Å²) in [6, 6.07) is 15.9. The highest BCUT2D eigenvalue weighted by atomic mass is 16.5. The van der Waals surface area contributed by atoms with E-state index in [9.17, 15) is 4.79 Å². The van der Waals surface area contributed by atoms with Crippen LogP contribution in [0.4, 0.5) is 0 Å². The summed E-state index contributed by atoms with van der Waals surface area (Å²) >= 11 is 0. The van der Waals surface area contributed by atoms with E-state index < -0.39 is 5.97 Å². The van der Waals surface area contributed by atoms with E-state index in [-0.39, 0.29) is 5.56 Å². The average molecular weight is 309 g/mol. The number of hydrogen-bond acceptors (Lipinski definition) is 4. The maximum Gasteiger partial charge on any atom is 0.335 e. The Labute approximate surface area is 133 Å². The third-order valence-electron chi connectivity index (χ3n) is 3.39. The molecule has 3 rings (SSSR count). The van der Waals surface area contributed by atoms with Crippen molar-refractivity contribution in [1.82, 2.24) is 4.98 Å². The minimum atomic E-state index is -0.961. The first kappa shape index (κ1) is 14.8. The van der Waals surface area contributed by atoms with Crippen LogP contribution < -0.4 is 4.74 Å². The number of hydrogen-bond donors (Lipinski definition) is 1. The fraction of sp³-hybridized carbons (Fsp3) is 0.111.